The van der Waals surface area contributed by atoms with E-state index < -0.39 is 15.8 Å². The predicted octanol–water partition coefficient (Wildman–Crippen LogP) is 4.20. The van der Waals surface area contributed by atoms with Crippen molar-refractivity contribution in [2.45, 2.75) is 18.7 Å². The Labute approximate surface area is 148 Å². The highest BCUT2D eigenvalue weighted by Crippen LogP contribution is 2.30. The third-order valence-electron chi connectivity index (χ3n) is 3.05. The summed E-state index contributed by atoms with van der Waals surface area (Å²) in [7, 11) is -3.99. The maximum atomic E-state index is 13.4. The van der Waals surface area contributed by atoms with Crippen LogP contribution in [0.4, 0.5) is 15.8 Å². The molecule has 0 aliphatic carbocycles. The van der Waals surface area contributed by atoms with E-state index >= 15 is 0 Å². The van der Waals surface area contributed by atoms with Gasteiger partial charge in [-0.3, -0.25) is 9.52 Å². The molecule has 9 heteroatoms. The molecule has 128 valence electrons. The number of hydrogen-bond donors (Lipinski definition) is 2. The number of anilines is 2. The fourth-order valence-corrected chi connectivity index (χ4v) is 3.54. The number of benzene rings is 2. The molecule has 2 aromatic carbocycles. The highest BCUT2D eigenvalue weighted by atomic mass is 35.5. The van der Waals surface area contributed by atoms with Gasteiger partial charge in [-0.05, 0) is 42.8 Å². The lowest BCUT2D eigenvalue weighted by Crippen LogP contribution is -2.14. The highest BCUT2D eigenvalue weighted by Gasteiger charge is 2.18. The van der Waals surface area contributed by atoms with Gasteiger partial charge in [0.05, 0.1) is 26.3 Å². The first-order chi connectivity index (χ1) is 11.1. The van der Waals surface area contributed by atoms with Crippen molar-refractivity contribution in [3.63, 3.8) is 0 Å². The van der Waals surface area contributed by atoms with Gasteiger partial charge in [-0.25, -0.2) is 12.8 Å². The maximum Gasteiger partial charge on any atom is 0.261 e. The summed E-state index contributed by atoms with van der Waals surface area (Å²) in [6, 6.07) is 6.17. The summed E-state index contributed by atoms with van der Waals surface area (Å²) in [6.45, 7) is 2.80. The first kappa shape index (κ1) is 18.5. The molecule has 0 saturated carbocycles. The zero-order chi connectivity index (χ0) is 18.1. The van der Waals surface area contributed by atoms with E-state index in [9.17, 15) is 17.6 Å². The Morgan fingerprint density at radius 2 is 1.71 bits per heavy atom. The molecule has 0 spiro atoms. The Hall–Kier alpha value is -1.83. The van der Waals surface area contributed by atoms with Crippen LogP contribution in [-0.2, 0) is 14.8 Å². The van der Waals surface area contributed by atoms with Crippen LogP contribution in [0.5, 0.6) is 0 Å². The monoisotopic (exact) mass is 390 g/mol. The maximum absolute atomic E-state index is 13.4. The number of amides is 1. The average Bonchev–Trinajstić information content (AvgIpc) is 2.46. The summed E-state index contributed by atoms with van der Waals surface area (Å²) in [6.07, 6.45) is 0. The third kappa shape index (κ3) is 4.17. The number of nitrogens with one attached hydrogen (secondary N) is 2. The lowest BCUT2D eigenvalue weighted by molar-refractivity contribution is -0.114. The molecule has 0 radical (unpaired) electrons. The van der Waals surface area contributed by atoms with Crippen molar-refractivity contribution in [1.29, 1.82) is 0 Å². The molecule has 0 aliphatic rings. The Morgan fingerprint density at radius 1 is 1.08 bits per heavy atom. The second-order valence-electron chi connectivity index (χ2n) is 5.01. The van der Waals surface area contributed by atoms with Crippen LogP contribution in [0.1, 0.15) is 12.5 Å². The van der Waals surface area contributed by atoms with Gasteiger partial charge in [0.2, 0.25) is 5.91 Å². The third-order valence-corrected chi connectivity index (χ3v) is 5.04. The lowest BCUT2D eigenvalue weighted by Gasteiger charge is -2.12. The molecule has 1 amide bonds. The number of sulfonamides is 1. The van der Waals surface area contributed by atoms with E-state index in [1.807, 2.05) is 0 Å². The molecule has 5 nitrogen and oxygen atoms in total. The Kier molecular flexibility index (Phi) is 5.37. The molecule has 0 bridgehead atoms. The number of hydrogen-bond acceptors (Lipinski definition) is 3. The van der Waals surface area contributed by atoms with E-state index in [-0.39, 0.29) is 32.1 Å². The van der Waals surface area contributed by atoms with E-state index in [4.69, 9.17) is 23.2 Å². The van der Waals surface area contributed by atoms with Crippen LogP contribution >= 0.6 is 23.2 Å². The summed E-state index contributed by atoms with van der Waals surface area (Å²) in [5.41, 5.74) is 0.590. The first-order valence-corrected chi connectivity index (χ1v) is 8.89. The number of carbonyl (C=O) groups is 1. The van der Waals surface area contributed by atoms with Crippen molar-refractivity contribution in [1.82, 2.24) is 0 Å². The van der Waals surface area contributed by atoms with Crippen LogP contribution < -0.4 is 10.0 Å². The summed E-state index contributed by atoms with van der Waals surface area (Å²) in [4.78, 5) is 10.9. The SMILES string of the molecule is CC(=O)Nc1ccc(S(=O)(=O)Nc2cc(C)c(F)cc2Cl)cc1Cl. The first-order valence-electron chi connectivity index (χ1n) is 6.66. The van der Waals surface area contributed by atoms with E-state index in [0.29, 0.717) is 5.69 Å². The van der Waals surface area contributed by atoms with Crippen molar-refractivity contribution in [3.05, 3.63) is 51.8 Å². The van der Waals surface area contributed by atoms with E-state index in [0.717, 1.165) is 6.07 Å². The Morgan fingerprint density at radius 3 is 2.29 bits per heavy atom. The molecule has 2 aromatic rings. The van der Waals surface area contributed by atoms with E-state index in [1.54, 1.807) is 0 Å². The molecule has 0 fully saturated rings. The van der Waals surface area contributed by atoms with Crippen LogP contribution in [0, 0.1) is 12.7 Å². The molecule has 0 atom stereocenters. The van der Waals surface area contributed by atoms with Crippen molar-refractivity contribution < 1.29 is 17.6 Å². The summed E-state index contributed by atoms with van der Waals surface area (Å²) in [5.74, 6) is -0.871. The Bertz CT molecular complexity index is 917. The van der Waals surface area contributed by atoms with Crippen molar-refractivity contribution in [2.75, 3.05) is 10.0 Å². The highest BCUT2D eigenvalue weighted by molar-refractivity contribution is 7.92. The summed E-state index contributed by atoms with van der Waals surface area (Å²) < 4.78 is 40.5. The van der Waals surface area contributed by atoms with Gasteiger partial charge in [-0.15, -0.1) is 0 Å². The normalized spacial score (nSPS) is 11.2. The minimum Gasteiger partial charge on any atom is -0.325 e. The Balaban J connectivity index is 2.36. The van der Waals surface area contributed by atoms with Gasteiger partial charge in [0.1, 0.15) is 5.82 Å². The minimum atomic E-state index is -3.99. The van der Waals surface area contributed by atoms with Crippen molar-refractivity contribution in [3.8, 4) is 0 Å². The van der Waals surface area contributed by atoms with Crippen molar-refractivity contribution >= 4 is 50.5 Å². The number of rotatable bonds is 4. The molecular weight excluding hydrogens is 378 g/mol. The molecule has 2 N–H and O–H groups in total. The second-order valence-corrected chi connectivity index (χ2v) is 7.51. The molecule has 0 unspecified atom stereocenters. The van der Waals surface area contributed by atoms with Crippen LogP contribution in [0.25, 0.3) is 0 Å². The standard InChI is InChI=1S/C15H13Cl2FN2O3S/c1-8-5-15(12(17)7-13(8)18)20-24(22,23)10-3-4-14(11(16)6-10)19-9(2)21/h3-7,20H,1-2H3,(H,19,21). The fraction of sp³-hybridized carbons (Fsp3) is 0.133. The van der Waals surface area contributed by atoms with Crippen LogP contribution in [0.2, 0.25) is 10.0 Å². The minimum absolute atomic E-state index is 0.0534. The van der Waals surface area contributed by atoms with Crippen LogP contribution in [0.3, 0.4) is 0 Å². The van der Waals surface area contributed by atoms with Gasteiger partial charge in [0.25, 0.3) is 10.0 Å². The molecule has 0 aliphatic heterocycles. The molecular formula is C15H13Cl2FN2O3S. The lowest BCUT2D eigenvalue weighted by atomic mass is 10.2. The molecule has 0 aromatic heterocycles. The van der Waals surface area contributed by atoms with Gasteiger partial charge in [0.15, 0.2) is 0 Å². The topological polar surface area (TPSA) is 75.3 Å². The van der Waals surface area contributed by atoms with Crippen LogP contribution in [-0.4, -0.2) is 14.3 Å². The number of carbonyl (C=O) groups excluding carboxylic acids is 1. The average molecular weight is 391 g/mol. The van der Waals surface area contributed by atoms with Crippen molar-refractivity contribution in [2.24, 2.45) is 0 Å². The number of halogens is 3. The van der Waals surface area contributed by atoms with Gasteiger partial charge in [-0.1, -0.05) is 23.2 Å². The smallest absolute Gasteiger partial charge is 0.261 e. The largest absolute Gasteiger partial charge is 0.325 e. The van der Waals surface area contributed by atoms with Gasteiger partial charge >= 0.3 is 0 Å². The zero-order valence-corrected chi connectivity index (χ0v) is 15.0. The second kappa shape index (κ2) is 6.96. The van der Waals surface area contributed by atoms with Gasteiger partial charge < -0.3 is 5.32 Å². The molecule has 2 rings (SSSR count). The molecule has 0 saturated heterocycles. The zero-order valence-electron chi connectivity index (χ0n) is 12.7. The van der Waals surface area contributed by atoms with Crippen LogP contribution in [0.15, 0.2) is 35.2 Å². The quantitative estimate of drug-likeness (QED) is 0.820. The van der Waals surface area contributed by atoms with E-state index in [2.05, 4.69) is 10.0 Å². The van der Waals surface area contributed by atoms with Gasteiger partial charge in [-0.2, -0.15) is 0 Å². The predicted molar refractivity (Wildman–Crippen MR) is 92.7 cm³/mol. The summed E-state index contributed by atoms with van der Waals surface area (Å²) >= 11 is 11.8. The fourth-order valence-electron chi connectivity index (χ4n) is 1.89. The van der Waals surface area contributed by atoms with Gasteiger partial charge in [0, 0.05) is 6.92 Å². The molecule has 24 heavy (non-hydrogen) atoms. The summed E-state index contributed by atoms with van der Waals surface area (Å²) in [5, 5.41) is 2.47. The van der Waals surface area contributed by atoms with E-state index in [1.165, 1.54) is 38.1 Å². The number of aryl methyl sites for hydroxylation is 1. The molecule has 0 heterocycles.